The molecule has 2 aliphatic rings. The summed E-state index contributed by atoms with van der Waals surface area (Å²) in [6.45, 7) is 5.65. The Balaban J connectivity index is 2.10. The number of allylic oxidation sites excluding steroid dienone is 4. The van der Waals surface area contributed by atoms with Crippen molar-refractivity contribution in [1.29, 1.82) is 0 Å². The highest BCUT2D eigenvalue weighted by molar-refractivity contribution is 6.05. The van der Waals surface area contributed by atoms with Crippen molar-refractivity contribution in [3.8, 4) is 0 Å². The summed E-state index contributed by atoms with van der Waals surface area (Å²) in [6.07, 6.45) is 10.1. The molecule has 0 fully saturated rings. The van der Waals surface area contributed by atoms with Crippen LogP contribution in [-0.2, 0) is 16.8 Å². The van der Waals surface area contributed by atoms with Crippen LogP contribution in [0.1, 0.15) is 51.2 Å². The number of benzene rings is 1. The van der Waals surface area contributed by atoms with Gasteiger partial charge >= 0.3 is 0 Å². The lowest BCUT2D eigenvalue weighted by Crippen LogP contribution is -2.45. The maximum absolute atomic E-state index is 12.3. The molecule has 3 heteroatoms. The van der Waals surface area contributed by atoms with Gasteiger partial charge in [-0.2, -0.15) is 5.10 Å². The van der Waals surface area contributed by atoms with Gasteiger partial charge in [0.25, 0.3) is 0 Å². The molecule has 0 bridgehead atoms. The van der Waals surface area contributed by atoms with E-state index in [0.717, 1.165) is 37.0 Å². The molecule has 3 nitrogen and oxygen atoms in total. The minimum atomic E-state index is -0.300. The second kappa shape index (κ2) is 6.15. The van der Waals surface area contributed by atoms with E-state index in [-0.39, 0.29) is 11.4 Å². The van der Waals surface area contributed by atoms with E-state index in [1.54, 1.807) is 11.9 Å². The van der Waals surface area contributed by atoms with E-state index in [9.17, 15) is 4.79 Å². The third-order valence-electron chi connectivity index (χ3n) is 4.93. The molecule has 0 saturated heterocycles. The first kappa shape index (κ1) is 15.7. The Hall–Kier alpha value is -2.16. The van der Waals surface area contributed by atoms with Crippen LogP contribution in [0.25, 0.3) is 0 Å². The predicted molar refractivity (Wildman–Crippen MR) is 94.2 cm³/mol. The van der Waals surface area contributed by atoms with Crippen molar-refractivity contribution in [2.75, 3.05) is 0 Å². The van der Waals surface area contributed by atoms with Gasteiger partial charge in [0.05, 0.1) is 11.3 Å². The molecular weight excluding hydrogens is 284 g/mol. The summed E-state index contributed by atoms with van der Waals surface area (Å²) in [5.41, 5.74) is 4.45. The third-order valence-corrected chi connectivity index (χ3v) is 4.93. The fourth-order valence-electron chi connectivity index (χ4n) is 3.98. The average molecular weight is 308 g/mol. The van der Waals surface area contributed by atoms with Gasteiger partial charge in [-0.25, -0.2) is 5.01 Å². The molecule has 1 aromatic rings. The normalized spacial score (nSPS) is 24.2. The highest BCUT2D eigenvalue weighted by Gasteiger charge is 2.48. The van der Waals surface area contributed by atoms with Crippen molar-refractivity contribution in [3.63, 3.8) is 0 Å². The maximum Gasteiger partial charge on any atom is 0.240 e. The first-order valence-electron chi connectivity index (χ1n) is 8.38. The monoisotopic (exact) mass is 308 g/mol. The second-order valence-electron chi connectivity index (χ2n) is 6.34. The van der Waals surface area contributed by atoms with E-state index in [4.69, 9.17) is 5.10 Å². The Labute approximate surface area is 138 Å². The van der Waals surface area contributed by atoms with Crippen LogP contribution in [0.4, 0.5) is 0 Å². The first-order chi connectivity index (χ1) is 11.1. The second-order valence-corrected chi connectivity index (χ2v) is 6.34. The summed E-state index contributed by atoms with van der Waals surface area (Å²) >= 11 is 0. The zero-order chi connectivity index (χ0) is 16.4. The number of hydrogen-bond donors (Lipinski definition) is 0. The number of carbonyl (C=O) groups is 1. The highest BCUT2D eigenvalue weighted by Crippen LogP contribution is 2.47. The summed E-state index contributed by atoms with van der Waals surface area (Å²) in [5.74, 6) is 0.0210. The van der Waals surface area contributed by atoms with Crippen molar-refractivity contribution in [3.05, 3.63) is 59.2 Å². The number of aryl methyl sites for hydroxylation is 1. The smallest absolute Gasteiger partial charge is 0.240 e. The number of hydrazone groups is 1. The first-order valence-corrected chi connectivity index (χ1v) is 8.38. The zero-order valence-corrected chi connectivity index (χ0v) is 14.2. The summed E-state index contributed by atoms with van der Waals surface area (Å²) in [5, 5.41) is 6.48. The largest absolute Gasteiger partial charge is 0.273 e. The molecule has 23 heavy (non-hydrogen) atoms. The fourth-order valence-corrected chi connectivity index (χ4v) is 3.98. The van der Waals surface area contributed by atoms with Gasteiger partial charge in [-0.15, -0.1) is 0 Å². The Morgan fingerprint density at radius 2 is 2.09 bits per heavy atom. The SMILES string of the molecule is C/C=C\C(=C/C)C1=NN(C(C)=O)C2(CCCc3ccccc32)C1. The fraction of sp³-hybridized carbons (Fsp3) is 0.400. The van der Waals surface area contributed by atoms with Crippen LogP contribution in [0, 0.1) is 0 Å². The molecule has 1 amide bonds. The maximum atomic E-state index is 12.3. The lowest BCUT2D eigenvalue weighted by molar-refractivity contribution is -0.135. The standard InChI is InChI=1S/C20H24N2O/c1-4-9-16(5-2)19-14-20(22(21-19)15(3)23)13-8-11-17-10-6-7-12-18(17)20/h4-7,9-10,12H,8,11,13-14H2,1-3H3/b9-4-,16-5+. The quantitative estimate of drug-likeness (QED) is 0.748. The summed E-state index contributed by atoms with van der Waals surface area (Å²) in [7, 11) is 0. The number of nitrogens with zero attached hydrogens (tertiary/aromatic N) is 2. The van der Waals surface area contributed by atoms with Crippen molar-refractivity contribution in [2.24, 2.45) is 5.10 Å². The molecular formula is C20H24N2O. The summed E-state index contributed by atoms with van der Waals surface area (Å²) in [4.78, 5) is 12.3. The molecule has 1 atom stereocenters. The zero-order valence-electron chi connectivity index (χ0n) is 14.2. The van der Waals surface area contributed by atoms with Gasteiger partial charge in [0, 0.05) is 13.3 Å². The topological polar surface area (TPSA) is 32.7 Å². The van der Waals surface area contributed by atoms with Crippen LogP contribution in [0.3, 0.4) is 0 Å². The van der Waals surface area contributed by atoms with E-state index >= 15 is 0 Å². The van der Waals surface area contributed by atoms with Crippen molar-refractivity contribution in [2.45, 2.75) is 52.0 Å². The van der Waals surface area contributed by atoms with Gasteiger partial charge < -0.3 is 0 Å². The molecule has 1 unspecified atom stereocenters. The third kappa shape index (κ3) is 2.54. The predicted octanol–water partition coefficient (Wildman–Crippen LogP) is 4.35. The van der Waals surface area contributed by atoms with Gasteiger partial charge in [-0.05, 0) is 49.8 Å². The Morgan fingerprint density at radius 3 is 2.78 bits per heavy atom. The van der Waals surface area contributed by atoms with Crippen LogP contribution >= 0.6 is 0 Å². The van der Waals surface area contributed by atoms with Gasteiger partial charge in [0.1, 0.15) is 0 Å². The van der Waals surface area contributed by atoms with Crippen LogP contribution in [0.2, 0.25) is 0 Å². The van der Waals surface area contributed by atoms with Crippen molar-refractivity contribution < 1.29 is 4.79 Å². The van der Waals surface area contributed by atoms with Gasteiger partial charge in [-0.3, -0.25) is 4.79 Å². The van der Waals surface area contributed by atoms with Crippen molar-refractivity contribution >= 4 is 11.6 Å². The number of amides is 1. The number of rotatable bonds is 2. The molecule has 0 saturated carbocycles. The van der Waals surface area contributed by atoms with Gasteiger partial charge in [-0.1, -0.05) is 42.5 Å². The molecule has 0 aromatic heterocycles. The number of fused-ring (bicyclic) bond motifs is 2. The molecule has 0 N–H and O–H groups in total. The Bertz CT molecular complexity index is 714. The average Bonchev–Trinajstić information content (AvgIpc) is 2.93. The van der Waals surface area contributed by atoms with E-state index in [0.29, 0.717) is 0 Å². The molecule has 1 aliphatic carbocycles. The van der Waals surface area contributed by atoms with Gasteiger partial charge in [0.15, 0.2) is 0 Å². The number of hydrogen-bond acceptors (Lipinski definition) is 2. The van der Waals surface area contributed by atoms with Crippen LogP contribution < -0.4 is 0 Å². The summed E-state index contributed by atoms with van der Waals surface area (Å²) < 4.78 is 0. The molecule has 3 rings (SSSR count). The van der Waals surface area contributed by atoms with E-state index in [1.165, 1.54) is 11.1 Å². The van der Waals surface area contributed by atoms with Gasteiger partial charge in [0.2, 0.25) is 5.91 Å². The molecule has 1 spiro atoms. The van der Waals surface area contributed by atoms with Crippen LogP contribution in [0.15, 0.2) is 53.2 Å². The van der Waals surface area contributed by atoms with Crippen LogP contribution in [0.5, 0.6) is 0 Å². The van der Waals surface area contributed by atoms with Crippen molar-refractivity contribution in [1.82, 2.24) is 5.01 Å². The van der Waals surface area contributed by atoms with E-state index in [1.807, 2.05) is 19.9 Å². The molecule has 0 radical (unpaired) electrons. The van der Waals surface area contributed by atoms with E-state index < -0.39 is 0 Å². The minimum Gasteiger partial charge on any atom is -0.273 e. The Kier molecular flexibility index (Phi) is 4.20. The highest BCUT2D eigenvalue weighted by atomic mass is 16.2. The lowest BCUT2D eigenvalue weighted by atomic mass is 9.73. The number of carbonyl (C=O) groups excluding carboxylic acids is 1. The van der Waals surface area contributed by atoms with Crippen LogP contribution in [-0.4, -0.2) is 16.6 Å². The molecule has 1 heterocycles. The molecule has 1 aliphatic heterocycles. The summed E-state index contributed by atoms with van der Waals surface area (Å²) in [6, 6.07) is 8.53. The Morgan fingerprint density at radius 1 is 1.30 bits per heavy atom. The molecule has 120 valence electrons. The van der Waals surface area contributed by atoms with E-state index in [2.05, 4.69) is 36.4 Å². The minimum absolute atomic E-state index is 0.0210. The lowest BCUT2D eigenvalue weighted by Gasteiger charge is -2.40. The molecule has 1 aromatic carbocycles.